The predicted octanol–water partition coefficient (Wildman–Crippen LogP) is 4.19. The Morgan fingerprint density at radius 1 is 1.05 bits per heavy atom. The van der Waals surface area contributed by atoms with Crippen LogP contribution in [0.3, 0.4) is 0 Å². The maximum atomic E-state index is 12.6. The summed E-state index contributed by atoms with van der Waals surface area (Å²) in [5.74, 6) is -0.0139. The Morgan fingerprint density at radius 2 is 1.63 bits per heavy atom. The highest BCUT2D eigenvalue weighted by molar-refractivity contribution is 9.10. The van der Waals surface area contributed by atoms with Gasteiger partial charge in [-0.2, -0.15) is 0 Å². The van der Waals surface area contributed by atoms with Crippen molar-refractivity contribution in [2.75, 3.05) is 5.73 Å². The summed E-state index contributed by atoms with van der Waals surface area (Å²) in [7, 11) is 0. The van der Waals surface area contributed by atoms with E-state index in [1.54, 1.807) is 12.1 Å². The molecule has 2 N–H and O–H groups in total. The van der Waals surface area contributed by atoms with Crippen LogP contribution in [0.15, 0.2) is 34.8 Å². The van der Waals surface area contributed by atoms with Crippen molar-refractivity contribution < 1.29 is 4.79 Å². The van der Waals surface area contributed by atoms with Gasteiger partial charge in [-0.25, -0.2) is 0 Å². The van der Waals surface area contributed by atoms with E-state index in [2.05, 4.69) is 15.9 Å². The van der Waals surface area contributed by atoms with Gasteiger partial charge in [0.25, 0.3) is 0 Å². The van der Waals surface area contributed by atoms with Crippen molar-refractivity contribution in [1.82, 2.24) is 0 Å². The monoisotopic (exact) mass is 317 g/mol. The SMILES string of the molecule is Cc1cc(C)c(C(=O)c2ccc(Br)cc2N)c(C)c1. The molecule has 0 aliphatic rings. The number of rotatable bonds is 2. The average Bonchev–Trinajstić information content (AvgIpc) is 2.26. The molecule has 19 heavy (non-hydrogen) atoms. The van der Waals surface area contributed by atoms with E-state index in [-0.39, 0.29) is 5.78 Å². The lowest BCUT2D eigenvalue weighted by Crippen LogP contribution is -2.09. The quantitative estimate of drug-likeness (QED) is 0.666. The van der Waals surface area contributed by atoms with Crippen LogP contribution in [0.2, 0.25) is 0 Å². The first-order valence-electron chi connectivity index (χ1n) is 6.07. The summed E-state index contributed by atoms with van der Waals surface area (Å²) in [5, 5.41) is 0. The Kier molecular flexibility index (Phi) is 3.76. The van der Waals surface area contributed by atoms with Crippen LogP contribution in [0.1, 0.15) is 32.6 Å². The fraction of sp³-hybridized carbons (Fsp3) is 0.188. The van der Waals surface area contributed by atoms with E-state index >= 15 is 0 Å². The Balaban J connectivity index is 2.56. The Bertz CT molecular complexity index is 639. The molecular weight excluding hydrogens is 302 g/mol. The third-order valence-corrected chi connectivity index (χ3v) is 3.66. The predicted molar refractivity (Wildman–Crippen MR) is 82.6 cm³/mol. The molecule has 2 nitrogen and oxygen atoms in total. The van der Waals surface area contributed by atoms with E-state index < -0.39 is 0 Å². The summed E-state index contributed by atoms with van der Waals surface area (Å²) < 4.78 is 0.874. The summed E-state index contributed by atoms with van der Waals surface area (Å²) in [6.45, 7) is 5.95. The number of ketones is 1. The zero-order valence-electron chi connectivity index (χ0n) is 11.3. The van der Waals surface area contributed by atoms with Crippen LogP contribution in [0, 0.1) is 20.8 Å². The third kappa shape index (κ3) is 2.71. The molecule has 0 aliphatic heterocycles. The molecule has 2 rings (SSSR count). The molecule has 0 spiro atoms. The van der Waals surface area contributed by atoms with E-state index in [0.29, 0.717) is 11.3 Å². The molecule has 0 saturated carbocycles. The largest absolute Gasteiger partial charge is 0.398 e. The van der Waals surface area contributed by atoms with Crippen molar-refractivity contribution >= 4 is 27.4 Å². The first-order valence-corrected chi connectivity index (χ1v) is 6.87. The van der Waals surface area contributed by atoms with Gasteiger partial charge < -0.3 is 5.73 Å². The highest BCUT2D eigenvalue weighted by atomic mass is 79.9. The van der Waals surface area contributed by atoms with Gasteiger partial charge in [0, 0.05) is 21.3 Å². The average molecular weight is 318 g/mol. The van der Waals surface area contributed by atoms with Crippen molar-refractivity contribution in [2.24, 2.45) is 0 Å². The number of benzene rings is 2. The lowest BCUT2D eigenvalue weighted by atomic mass is 9.92. The van der Waals surface area contributed by atoms with Gasteiger partial charge in [0.1, 0.15) is 0 Å². The Labute approximate surface area is 121 Å². The van der Waals surface area contributed by atoms with E-state index in [9.17, 15) is 4.79 Å². The van der Waals surface area contributed by atoms with Gasteiger partial charge in [-0.3, -0.25) is 4.79 Å². The minimum absolute atomic E-state index is 0.0139. The van der Waals surface area contributed by atoms with Crippen molar-refractivity contribution in [3.05, 3.63) is 62.6 Å². The molecule has 0 fully saturated rings. The van der Waals surface area contributed by atoms with Crippen LogP contribution in [0.25, 0.3) is 0 Å². The Hall–Kier alpha value is -1.61. The number of nitrogens with two attached hydrogens (primary N) is 1. The Morgan fingerprint density at radius 3 is 2.16 bits per heavy atom. The van der Waals surface area contributed by atoms with Crippen molar-refractivity contribution in [2.45, 2.75) is 20.8 Å². The van der Waals surface area contributed by atoms with E-state index in [1.165, 1.54) is 0 Å². The second-order valence-corrected chi connectivity index (χ2v) is 5.75. The smallest absolute Gasteiger partial charge is 0.195 e. The molecule has 0 atom stereocenters. The van der Waals surface area contributed by atoms with Crippen LogP contribution < -0.4 is 5.73 Å². The number of halogens is 1. The first kappa shape index (κ1) is 13.8. The second kappa shape index (κ2) is 5.17. The van der Waals surface area contributed by atoms with Crippen LogP contribution in [-0.2, 0) is 0 Å². The minimum atomic E-state index is -0.0139. The van der Waals surface area contributed by atoms with Gasteiger partial charge in [-0.15, -0.1) is 0 Å². The van der Waals surface area contributed by atoms with E-state index in [1.807, 2.05) is 39.0 Å². The van der Waals surface area contributed by atoms with Gasteiger partial charge in [0.05, 0.1) is 0 Å². The van der Waals surface area contributed by atoms with Gasteiger partial charge in [-0.1, -0.05) is 33.6 Å². The second-order valence-electron chi connectivity index (χ2n) is 4.83. The third-order valence-electron chi connectivity index (χ3n) is 3.16. The van der Waals surface area contributed by atoms with Crippen LogP contribution >= 0.6 is 15.9 Å². The molecule has 0 saturated heterocycles. The van der Waals surface area contributed by atoms with Gasteiger partial charge >= 0.3 is 0 Å². The topological polar surface area (TPSA) is 43.1 Å². The molecule has 0 unspecified atom stereocenters. The maximum absolute atomic E-state index is 12.6. The molecular formula is C16H16BrNO. The molecule has 0 aromatic heterocycles. The van der Waals surface area contributed by atoms with Gasteiger partial charge in [0.15, 0.2) is 5.78 Å². The number of nitrogen functional groups attached to an aromatic ring is 1. The zero-order chi connectivity index (χ0) is 14.2. The number of hydrogen-bond donors (Lipinski definition) is 1. The van der Waals surface area contributed by atoms with Crippen molar-refractivity contribution in [3.8, 4) is 0 Å². The number of anilines is 1. The molecule has 98 valence electrons. The molecule has 2 aromatic carbocycles. The summed E-state index contributed by atoms with van der Waals surface area (Å²) in [6.07, 6.45) is 0. The summed E-state index contributed by atoms with van der Waals surface area (Å²) in [5.41, 5.74) is 10.9. The lowest BCUT2D eigenvalue weighted by molar-refractivity contribution is 0.103. The zero-order valence-corrected chi connectivity index (χ0v) is 12.8. The highest BCUT2D eigenvalue weighted by Gasteiger charge is 2.17. The molecule has 2 aromatic rings. The summed E-state index contributed by atoms with van der Waals surface area (Å²) >= 11 is 3.35. The molecule has 3 heteroatoms. The number of aryl methyl sites for hydroxylation is 3. The summed E-state index contributed by atoms with van der Waals surface area (Å²) in [6, 6.07) is 9.40. The number of carbonyl (C=O) groups excluding carboxylic acids is 1. The fourth-order valence-corrected chi connectivity index (χ4v) is 2.79. The first-order chi connectivity index (χ1) is 8.90. The molecule has 0 bridgehead atoms. The molecule has 0 aliphatic carbocycles. The molecule has 0 amide bonds. The van der Waals surface area contributed by atoms with Gasteiger partial charge in [0.2, 0.25) is 0 Å². The number of carbonyl (C=O) groups is 1. The fourth-order valence-electron chi connectivity index (χ4n) is 2.41. The lowest BCUT2D eigenvalue weighted by Gasteiger charge is -2.12. The van der Waals surface area contributed by atoms with E-state index in [4.69, 9.17) is 5.73 Å². The minimum Gasteiger partial charge on any atom is -0.398 e. The standard InChI is InChI=1S/C16H16BrNO/c1-9-6-10(2)15(11(3)7-9)16(19)13-5-4-12(17)8-14(13)18/h4-8H,18H2,1-3H3. The van der Waals surface area contributed by atoms with Gasteiger partial charge in [-0.05, 0) is 50.1 Å². The van der Waals surface area contributed by atoms with Crippen molar-refractivity contribution in [3.63, 3.8) is 0 Å². The van der Waals surface area contributed by atoms with Crippen molar-refractivity contribution in [1.29, 1.82) is 0 Å². The number of hydrogen-bond acceptors (Lipinski definition) is 2. The normalized spacial score (nSPS) is 10.5. The summed E-state index contributed by atoms with van der Waals surface area (Å²) in [4.78, 5) is 12.6. The van der Waals surface area contributed by atoms with E-state index in [0.717, 1.165) is 26.7 Å². The molecule has 0 heterocycles. The maximum Gasteiger partial charge on any atom is 0.195 e. The van der Waals surface area contributed by atoms with Crippen LogP contribution in [-0.4, -0.2) is 5.78 Å². The van der Waals surface area contributed by atoms with Crippen LogP contribution in [0.5, 0.6) is 0 Å². The highest BCUT2D eigenvalue weighted by Crippen LogP contribution is 2.25. The van der Waals surface area contributed by atoms with Crippen LogP contribution in [0.4, 0.5) is 5.69 Å². The molecule has 0 radical (unpaired) electrons.